The molecule has 0 radical (unpaired) electrons. The van der Waals surface area contributed by atoms with Crippen molar-refractivity contribution in [3.05, 3.63) is 56.9 Å². The van der Waals surface area contributed by atoms with E-state index in [1.165, 1.54) is 0 Å². The Bertz CT molecular complexity index is 1400. The van der Waals surface area contributed by atoms with Crippen LogP contribution in [-0.2, 0) is 37.4 Å². The van der Waals surface area contributed by atoms with Crippen molar-refractivity contribution in [1.29, 1.82) is 0 Å². The predicted molar refractivity (Wildman–Crippen MR) is 116 cm³/mol. The first-order valence-electron chi connectivity index (χ1n) is 10.1. The van der Waals surface area contributed by atoms with Crippen LogP contribution in [0.3, 0.4) is 0 Å². The second-order valence-electron chi connectivity index (χ2n) is 7.93. The van der Waals surface area contributed by atoms with Gasteiger partial charge in [-0.05, 0) is 31.5 Å². The minimum Gasteiger partial charge on any atom is -0.496 e. The van der Waals surface area contributed by atoms with Crippen LogP contribution in [-0.4, -0.2) is 27.5 Å². The largest absolute Gasteiger partial charge is 0.496 e. The summed E-state index contributed by atoms with van der Waals surface area (Å²) in [5.74, 6) is -0.150. The molecule has 1 aromatic carbocycles. The second kappa shape index (κ2) is 7.27. The quantitative estimate of drug-likeness (QED) is 0.368. The minimum atomic E-state index is -3.50. The zero-order chi connectivity index (χ0) is 22.8. The number of aryl methyl sites for hydroxylation is 1. The zero-order valence-corrected chi connectivity index (χ0v) is 18.7. The lowest BCUT2D eigenvalue weighted by molar-refractivity contribution is -0.169. The van der Waals surface area contributed by atoms with Crippen LogP contribution in [0.2, 0.25) is 0 Å². The number of pyridine rings is 2. The van der Waals surface area contributed by atoms with Crippen LogP contribution >= 0.6 is 8.25 Å². The summed E-state index contributed by atoms with van der Waals surface area (Å²) >= 11 is 0. The fourth-order valence-electron chi connectivity index (χ4n) is 4.70. The molecule has 2 aliphatic heterocycles. The van der Waals surface area contributed by atoms with Gasteiger partial charge in [0.1, 0.15) is 12.4 Å². The first kappa shape index (κ1) is 20.9. The Balaban J connectivity index is 1.82. The van der Waals surface area contributed by atoms with Gasteiger partial charge in [0.2, 0.25) is 0 Å². The minimum absolute atomic E-state index is 0.0271. The monoisotopic (exact) mass is 456 g/mol. The standard InChI is InChI=1S/C22H21N2O7P/c1-4-22(31-32(27)28)15-8-17-18-13(9-24(17)20(25)14(15)10-30-21(22)26)19(29-3)12-7-11(2)5-6-16(12)23-18/h5-8,32H,4,9-10H2,1-3H3,(H,27,28)/t22-/m0/s1. The van der Waals surface area contributed by atoms with E-state index in [2.05, 4.69) is 0 Å². The molecule has 1 N–H and O–H groups in total. The van der Waals surface area contributed by atoms with Gasteiger partial charge < -0.3 is 18.9 Å². The normalized spacial score (nSPS) is 19.8. The Morgan fingerprint density at radius 2 is 2.06 bits per heavy atom. The van der Waals surface area contributed by atoms with Crippen LogP contribution in [0.5, 0.6) is 5.75 Å². The predicted octanol–water partition coefficient (Wildman–Crippen LogP) is 2.80. The third kappa shape index (κ3) is 2.78. The zero-order valence-electron chi connectivity index (χ0n) is 17.7. The molecule has 0 bridgehead atoms. The van der Waals surface area contributed by atoms with E-state index >= 15 is 0 Å². The van der Waals surface area contributed by atoms with E-state index in [1.807, 2.05) is 25.1 Å². The topological polar surface area (TPSA) is 117 Å². The first-order valence-corrected chi connectivity index (χ1v) is 11.4. The number of fused-ring (bicyclic) bond motifs is 5. The highest BCUT2D eigenvalue weighted by Gasteiger charge is 2.49. The van der Waals surface area contributed by atoms with E-state index in [9.17, 15) is 19.0 Å². The van der Waals surface area contributed by atoms with Gasteiger partial charge in [0.05, 0.1) is 36.1 Å². The van der Waals surface area contributed by atoms with E-state index in [1.54, 1.807) is 24.7 Å². The number of rotatable bonds is 4. The molecule has 32 heavy (non-hydrogen) atoms. The Hall–Kier alpha value is -3.00. The van der Waals surface area contributed by atoms with Crippen molar-refractivity contribution in [2.45, 2.75) is 39.0 Å². The maximum absolute atomic E-state index is 13.4. The Morgan fingerprint density at radius 1 is 1.28 bits per heavy atom. The molecule has 0 saturated heterocycles. The van der Waals surface area contributed by atoms with E-state index in [0.29, 0.717) is 22.7 Å². The summed E-state index contributed by atoms with van der Waals surface area (Å²) in [5, 5.41) is 0.848. The van der Waals surface area contributed by atoms with Gasteiger partial charge in [-0.3, -0.25) is 13.9 Å². The SMILES string of the molecule is CC[C@@]1(O[PH](=O)O)C(=O)OCc2c1cc1n(c2=O)Cc2c-1nc1ccc(C)cc1c2OC. The molecule has 0 fully saturated rings. The van der Waals surface area contributed by atoms with Crippen LogP contribution < -0.4 is 10.3 Å². The average molecular weight is 456 g/mol. The van der Waals surface area contributed by atoms with Crippen LogP contribution in [0.25, 0.3) is 22.3 Å². The Labute approximate surface area is 183 Å². The van der Waals surface area contributed by atoms with Crippen molar-refractivity contribution in [3.63, 3.8) is 0 Å². The maximum Gasteiger partial charge on any atom is 0.344 e. The molecule has 2 aromatic heterocycles. The average Bonchev–Trinajstić information content (AvgIpc) is 3.12. The van der Waals surface area contributed by atoms with Gasteiger partial charge in [0, 0.05) is 16.5 Å². The van der Waals surface area contributed by atoms with Crippen molar-refractivity contribution >= 4 is 25.1 Å². The van der Waals surface area contributed by atoms with Crippen LogP contribution in [0, 0.1) is 6.92 Å². The number of aromatic nitrogens is 2. The summed E-state index contributed by atoms with van der Waals surface area (Å²) in [6.45, 7) is 3.64. The fourth-order valence-corrected chi connectivity index (χ4v) is 5.33. The molecule has 5 rings (SSSR count). The second-order valence-corrected chi connectivity index (χ2v) is 8.67. The van der Waals surface area contributed by atoms with Gasteiger partial charge >= 0.3 is 14.2 Å². The number of carbonyl (C=O) groups excluding carboxylic acids is 1. The summed E-state index contributed by atoms with van der Waals surface area (Å²) < 4.78 is 29.3. The third-order valence-corrected chi connectivity index (χ3v) is 6.75. The molecule has 166 valence electrons. The number of hydrogen-bond donors (Lipinski definition) is 1. The van der Waals surface area contributed by atoms with Crippen LogP contribution in [0.1, 0.15) is 35.6 Å². The number of carbonyl (C=O) groups is 1. The van der Waals surface area contributed by atoms with Gasteiger partial charge in [0.15, 0.2) is 5.60 Å². The smallest absolute Gasteiger partial charge is 0.344 e. The maximum atomic E-state index is 13.4. The molecule has 3 aromatic rings. The molecule has 9 nitrogen and oxygen atoms in total. The number of methoxy groups -OCH3 is 1. The van der Waals surface area contributed by atoms with Crippen LogP contribution in [0.15, 0.2) is 29.1 Å². The molecular weight excluding hydrogens is 435 g/mol. The first-order chi connectivity index (χ1) is 15.3. The van der Waals surface area contributed by atoms with Crippen molar-refractivity contribution in [2.75, 3.05) is 7.11 Å². The molecule has 2 aliphatic rings. The van der Waals surface area contributed by atoms with E-state index in [4.69, 9.17) is 19.0 Å². The lowest BCUT2D eigenvalue weighted by Gasteiger charge is -2.34. The molecule has 0 aliphatic carbocycles. The lowest BCUT2D eigenvalue weighted by atomic mass is 9.86. The number of esters is 1. The summed E-state index contributed by atoms with van der Waals surface area (Å²) in [6.07, 6.45) is 0.0271. The number of hydrogen-bond acceptors (Lipinski definition) is 7. The number of cyclic esters (lactones) is 1. The summed E-state index contributed by atoms with van der Waals surface area (Å²) in [5.41, 5.74) is 1.89. The van der Waals surface area contributed by atoms with E-state index in [0.717, 1.165) is 16.5 Å². The van der Waals surface area contributed by atoms with Gasteiger partial charge in [-0.25, -0.2) is 9.78 Å². The molecular formula is C22H21N2O7P. The molecule has 0 spiro atoms. The molecule has 2 atom stereocenters. The number of benzene rings is 1. The van der Waals surface area contributed by atoms with Gasteiger partial charge in [0.25, 0.3) is 5.56 Å². The summed E-state index contributed by atoms with van der Waals surface area (Å²) in [7, 11) is -1.92. The lowest BCUT2D eigenvalue weighted by Crippen LogP contribution is -2.45. The van der Waals surface area contributed by atoms with Crippen LogP contribution in [0.4, 0.5) is 0 Å². The number of ether oxygens (including phenoxy) is 2. The summed E-state index contributed by atoms with van der Waals surface area (Å²) in [4.78, 5) is 40.4. The highest BCUT2D eigenvalue weighted by Crippen LogP contribution is 2.46. The molecule has 0 amide bonds. The van der Waals surface area contributed by atoms with Gasteiger partial charge in [-0.1, -0.05) is 18.6 Å². The van der Waals surface area contributed by atoms with Crippen molar-refractivity contribution in [2.24, 2.45) is 0 Å². The van der Waals surface area contributed by atoms with E-state index in [-0.39, 0.29) is 36.3 Å². The molecule has 4 heterocycles. The van der Waals surface area contributed by atoms with Crippen molar-refractivity contribution in [1.82, 2.24) is 9.55 Å². The van der Waals surface area contributed by atoms with E-state index < -0.39 is 19.8 Å². The summed E-state index contributed by atoms with van der Waals surface area (Å²) in [6, 6.07) is 7.48. The van der Waals surface area contributed by atoms with Crippen molar-refractivity contribution < 1.29 is 28.3 Å². The van der Waals surface area contributed by atoms with Gasteiger partial charge in [-0.15, -0.1) is 0 Å². The highest BCUT2D eigenvalue weighted by atomic mass is 31.1. The fraction of sp³-hybridized carbons (Fsp3) is 0.318. The number of nitrogens with zero attached hydrogens (tertiary/aromatic N) is 2. The Kier molecular flexibility index (Phi) is 4.74. The highest BCUT2D eigenvalue weighted by molar-refractivity contribution is 7.32. The Morgan fingerprint density at radius 3 is 2.75 bits per heavy atom. The van der Waals surface area contributed by atoms with Crippen molar-refractivity contribution in [3.8, 4) is 17.1 Å². The van der Waals surface area contributed by atoms with Gasteiger partial charge in [-0.2, -0.15) is 0 Å². The molecule has 0 saturated carbocycles. The molecule has 10 heteroatoms. The third-order valence-electron chi connectivity index (χ3n) is 6.22. The molecule has 1 unspecified atom stereocenters.